The van der Waals surface area contributed by atoms with Crippen molar-refractivity contribution in [2.24, 2.45) is 0 Å². The molecular weight excluding hydrogens is 498 g/mol. The van der Waals surface area contributed by atoms with Crippen molar-refractivity contribution < 1.29 is 29.4 Å². The Kier molecular flexibility index (Phi) is 12.6. The van der Waals surface area contributed by atoms with Gasteiger partial charge in [-0.25, -0.2) is 5.48 Å². The Hall–Kier alpha value is -3.08. The van der Waals surface area contributed by atoms with Crippen LogP contribution < -0.4 is 10.8 Å². The minimum Gasteiger partial charge on any atom is -0.392 e. The number of hydroxylamine groups is 1. The standard InChI is InChI=1S/C30H41N3O6/c1-3-17-33(2)20-26-18-27(24-13-11-23(21-34)12-14-24)39-30(38-26)25-15-9-22(10-16-25)19-31-28(35)7-5-4-6-8-29(36)32-37/h3,9-16,26-27,30,34,37H,1,4-8,17-21H2,2H3,(H,31,35)(H,32,36). The van der Waals surface area contributed by atoms with Gasteiger partial charge in [-0.2, -0.15) is 0 Å². The number of aliphatic hydroxyl groups excluding tert-OH is 1. The number of carbonyl (C=O) groups is 2. The van der Waals surface area contributed by atoms with Crippen LogP contribution in [-0.2, 0) is 32.2 Å². The maximum atomic E-state index is 12.2. The van der Waals surface area contributed by atoms with Gasteiger partial charge in [-0.3, -0.25) is 14.8 Å². The molecule has 0 aliphatic carbocycles. The van der Waals surface area contributed by atoms with Crippen molar-refractivity contribution in [2.45, 2.75) is 70.2 Å². The molecule has 212 valence electrons. The molecule has 3 unspecified atom stereocenters. The van der Waals surface area contributed by atoms with Gasteiger partial charge in [0.15, 0.2) is 6.29 Å². The molecule has 1 aliphatic heterocycles. The molecule has 2 aromatic rings. The third-order valence-electron chi connectivity index (χ3n) is 6.74. The summed E-state index contributed by atoms with van der Waals surface area (Å²) in [4.78, 5) is 25.4. The van der Waals surface area contributed by atoms with Crippen LogP contribution >= 0.6 is 0 Å². The molecule has 2 aromatic carbocycles. The predicted molar refractivity (Wildman–Crippen MR) is 147 cm³/mol. The first kappa shape index (κ1) is 30.5. The second-order valence-corrected chi connectivity index (χ2v) is 9.97. The predicted octanol–water partition coefficient (Wildman–Crippen LogP) is 3.91. The van der Waals surface area contributed by atoms with Crippen molar-refractivity contribution in [1.82, 2.24) is 15.7 Å². The summed E-state index contributed by atoms with van der Waals surface area (Å²) in [6, 6.07) is 15.7. The highest BCUT2D eigenvalue weighted by Gasteiger charge is 2.32. The van der Waals surface area contributed by atoms with E-state index in [2.05, 4.69) is 16.8 Å². The normalized spacial score (nSPS) is 19.0. The molecule has 2 amide bonds. The number of benzene rings is 2. The van der Waals surface area contributed by atoms with Gasteiger partial charge in [0.05, 0.1) is 18.8 Å². The maximum absolute atomic E-state index is 12.2. The van der Waals surface area contributed by atoms with Crippen LogP contribution in [0.25, 0.3) is 0 Å². The molecule has 39 heavy (non-hydrogen) atoms. The molecule has 0 bridgehead atoms. The molecule has 1 saturated heterocycles. The molecule has 9 heteroatoms. The number of nitrogens with one attached hydrogen (secondary N) is 2. The van der Waals surface area contributed by atoms with Gasteiger partial charge in [0.1, 0.15) is 0 Å². The van der Waals surface area contributed by atoms with Crippen molar-refractivity contribution in [2.75, 3.05) is 20.1 Å². The van der Waals surface area contributed by atoms with E-state index in [-0.39, 0.29) is 31.1 Å². The SMILES string of the molecule is C=CCN(C)CC1CC(c2ccc(CO)cc2)OC(c2ccc(CNC(=O)CCCCCC(=O)NO)cc2)O1. The number of amides is 2. The van der Waals surface area contributed by atoms with Crippen molar-refractivity contribution in [3.05, 3.63) is 83.4 Å². The Morgan fingerprint density at radius 3 is 2.26 bits per heavy atom. The summed E-state index contributed by atoms with van der Waals surface area (Å²) in [5.41, 5.74) is 5.40. The average Bonchev–Trinajstić information content (AvgIpc) is 2.96. The topological polar surface area (TPSA) is 120 Å². The second-order valence-electron chi connectivity index (χ2n) is 9.97. The lowest BCUT2D eigenvalue weighted by Crippen LogP contribution is -2.37. The lowest BCUT2D eigenvalue weighted by atomic mass is 9.99. The van der Waals surface area contributed by atoms with Crippen LogP contribution in [0, 0.1) is 0 Å². The number of carbonyl (C=O) groups excluding carboxylic acids is 2. The number of nitrogens with zero attached hydrogens (tertiary/aromatic N) is 1. The van der Waals surface area contributed by atoms with Gasteiger partial charge in [0, 0.05) is 44.5 Å². The van der Waals surface area contributed by atoms with E-state index in [9.17, 15) is 14.7 Å². The molecule has 1 aliphatic rings. The third-order valence-corrected chi connectivity index (χ3v) is 6.74. The van der Waals surface area contributed by atoms with Crippen molar-refractivity contribution >= 4 is 11.8 Å². The van der Waals surface area contributed by atoms with Gasteiger partial charge < -0.3 is 24.8 Å². The molecule has 9 nitrogen and oxygen atoms in total. The first-order valence-corrected chi connectivity index (χ1v) is 13.5. The largest absolute Gasteiger partial charge is 0.392 e. The molecule has 0 radical (unpaired) electrons. The zero-order valence-electron chi connectivity index (χ0n) is 22.7. The van der Waals surface area contributed by atoms with Gasteiger partial charge in [0.25, 0.3) is 0 Å². The number of hydrogen-bond donors (Lipinski definition) is 4. The first-order valence-electron chi connectivity index (χ1n) is 13.5. The number of unbranched alkanes of at least 4 members (excludes halogenated alkanes) is 2. The summed E-state index contributed by atoms with van der Waals surface area (Å²) in [6.07, 6.45) is 4.59. The van der Waals surface area contributed by atoms with E-state index in [1.54, 1.807) is 5.48 Å². The van der Waals surface area contributed by atoms with Crippen LogP contribution in [0.15, 0.2) is 61.2 Å². The quantitative estimate of drug-likeness (QED) is 0.117. The van der Waals surface area contributed by atoms with Crippen LogP contribution in [0.5, 0.6) is 0 Å². The molecule has 4 N–H and O–H groups in total. The van der Waals surface area contributed by atoms with Gasteiger partial charge in [0.2, 0.25) is 11.8 Å². The summed E-state index contributed by atoms with van der Waals surface area (Å²) >= 11 is 0. The molecule has 3 rings (SSSR count). The Balaban J connectivity index is 1.56. The van der Waals surface area contributed by atoms with Gasteiger partial charge in [-0.15, -0.1) is 6.58 Å². The molecule has 3 atom stereocenters. The zero-order valence-corrected chi connectivity index (χ0v) is 22.7. The summed E-state index contributed by atoms with van der Waals surface area (Å²) in [5, 5.41) is 20.8. The fourth-order valence-electron chi connectivity index (χ4n) is 4.56. The Labute approximate surface area is 230 Å². The van der Waals surface area contributed by atoms with Crippen LogP contribution in [0.3, 0.4) is 0 Å². The molecule has 0 aromatic heterocycles. The molecule has 0 spiro atoms. The fourth-order valence-corrected chi connectivity index (χ4v) is 4.56. The van der Waals surface area contributed by atoms with Gasteiger partial charge in [-0.1, -0.05) is 61.0 Å². The second kappa shape index (κ2) is 16.1. The van der Waals surface area contributed by atoms with E-state index in [4.69, 9.17) is 14.7 Å². The molecule has 0 saturated carbocycles. The van der Waals surface area contributed by atoms with E-state index in [0.29, 0.717) is 25.8 Å². The number of ether oxygens (including phenoxy) is 2. The highest BCUT2D eigenvalue weighted by Crippen LogP contribution is 2.38. The summed E-state index contributed by atoms with van der Waals surface area (Å²) in [7, 11) is 2.04. The molecule has 1 heterocycles. The minimum atomic E-state index is -0.528. The highest BCUT2D eigenvalue weighted by atomic mass is 16.7. The van der Waals surface area contributed by atoms with Crippen LogP contribution in [0.4, 0.5) is 0 Å². The molecular formula is C30H41N3O6. The van der Waals surface area contributed by atoms with Crippen molar-refractivity contribution in [3.8, 4) is 0 Å². The van der Waals surface area contributed by atoms with E-state index >= 15 is 0 Å². The first-order chi connectivity index (χ1) is 18.9. The summed E-state index contributed by atoms with van der Waals surface area (Å²) in [5.74, 6) is -0.444. The highest BCUT2D eigenvalue weighted by molar-refractivity contribution is 5.76. The summed E-state index contributed by atoms with van der Waals surface area (Å²) in [6.45, 7) is 5.77. The van der Waals surface area contributed by atoms with Crippen molar-refractivity contribution in [1.29, 1.82) is 0 Å². The number of hydrogen-bond acceptors (Lipinski definition) is 7. The monoisotopic (exact) mass is 539 g/mol. The minimum absolute atomic E-state index is 0.00478. The average molecular weight is 540 g/mol. The fraction of sp³-hybridized carbons (Fsp3) is 0.467. The van der Waals surface area contributed by atoms with Crippen LogP contribution in [0.2, 0.25) is 0 Å². The number of aliphatic hydroxyl groups is 1. The lowest BCUT2D eigenvalue weighted by molar-refractivity contribution is -0.252. The Morgan fingerprint density at radius 2 is 1.62 bits per heavy atom. The third kappa shape index (κ3) is 10.2. The van der Waals surface area contributed by atoms with E-state index in [0.717, 1.165) is 48.2 Å². The number of likely N-dealkylation sites (N-methyl/N-ethyl adjacent to an activating group) is 1. The van der Waals surface area contributed by atoms with Gasteiger partial charge >= 0.3 is 0 Å². The van der Waals surface area contributed by atoms with E-state index in [1.807, 2.05) is 61.7 Å². The maximum Gasteiger partial charge on any atom is 0.243 e. The van der Waals surface area contributed by atoms with Crippen LogP contribution in [0.1, 0.15) is 73.2 Å². The Morgan fingerprint density at radius 1 is 0.974 bits per heavy atom. The van der Waals surface area contributed by atoms with Crippen molar-refractivity contribution in [3.63, 3.8) is 0 Å². The number of rotatable bonds is 15. The summed E-state index contributed by atoms with van der Waals surface area (Å²) < 4.78 is 12.8. The molecule has 1 fully saturated rings. The van der Waals surface area contributed by atoms with E-state index in [1.165, 1.54) is 0 Å². The lowest BCUT2D eigenvalue weighted by Gasteiger charge is -2.37. The Bertz CT molecular complexity index is 1040. The van der Waals surface area contributed by atoms with Crippen LogP contribution in [-0.4, -0.2) is 53.3 Å². The zero-order chi connectivity index (χ0) is 28.0. The van der Waals surface area contributed by atoms with Gasteiger partial charge in [-0.05, 0) is 36.6 Å². The van der Waals surface area contributed by atoms with E-state index < -0.39 is 12.2 Å². The smallest absolute Gasteiger partial charge is 0.243 e.